The van der Waals surface area contributed by atoms with Crippen molar-refractivity contribution in [3.63, 3.8) is 0 Å². The van der Waals surface area contributed by atoms with E-state index in [4.69, 9.17) is 0 Å². The number of rotatable bonds is 9. The minimum atomic E-state index is -0.164. The summed E-state index contributed by atoms with van der Waals surface area (Å²) in [5.74, 6) is 0. The Labute approximate surface area is 113 Å². The van der Waals surface area contributed by atoms with E-state index in [9.17, 15) is 5.11 Å². The quantitative estimate of drug-likeness (QED) is 0.442. The number of unbranched alkanes of at least 4 members (excludes halogenated alkanes) is 1. The van der Waals surface area contributed by atoms with Crippen molar-refractivity contribution in [3.05, 3.63) is 35.5 Å². The molecule has 18 heavy (non-hydrogen) atoms. The topological polar surface area (TPSA) is 20.2 Å². The van der Waals surface area contributed by atoms with Gasteiger partial charge in [0.05, 0.1) is 6.10 Å². The Kier molecular flexibility index (Phi) is 10.8. The Hall–Kier alpha value is -0.820. The molecule has 0 aromatic rings. The molecule has 0 aliphatic heterocycles. The molecule has 1 unspecified atom stereocenters. The summed E-state index contributed by atoms with van der Waals surface area (Å²) in [6.45, 7) is 8.52. The molecular weight excluding hydrogens is 220 g/mol. The van der Waals surface area contributed by atoms with Gasteiger partial charge in [-0.3, -0.25) is 0 Å². The average molecular weight is 250 g/mol. The van der Waals surface area contributed by atoms with E-state index in [0.29, 0.717) is 0 Å². The number of allylic oxidation sites excluding steroid dienone is 5. The molecule has 104 valence electrons. The van der Waals surface area contributed by atoms with E-state index in [0.717, 1.165) is 32.1 Å². The van der Waals surface area contributed by atoms with Gasteiger partial charge in [0.2, 0.25) is 0 Å². The summed E-state index contributed by atoms with van der Waals surface area (Å²) in [6, 6.07) is 0. The van der Waals surface area contributed by atoms with Gasteiger partial charge in [-0.1, -0.05) is 42.4 Å². The number of aliphatic hydroxyl groups is 1. The predicted molar refractivity (Wildman–Crippen MR) is 81.7 cm³/mol. The van der Waals surface area contributed by atoms with Crippen LogP contribution in [0, 0.1) is 0 Å². The molecule has 1 atom stereocenters. The Morgan fingerprint density at radius 1 is 1.00 bits per heavy atom. The molecule has 0 fully saturated rings. The molecule has 0 amide bonds. The molecule has 1 heteroatoms. The van der Waals surface area contributed by atoms with Crippen LogP contribution in [0.5, 0.6) is 0 Å². The number of aliphatic hydroxyl groups excluding tert-OH is 1. The van der Waals surface area contributed by atoms with Gasteiger partial charge in [-0.15, -0.1) is 0 Å². The third-order valence-corrected chi connectivity index (χ3v) is 2.96. The zero-order chi connectivity index (χ0) is 13.8. The van der Waals surface area contributed by atoms with Crippen LogP contribution in [0.25, 0.3) is 0 Å². The minimum Gasteiger partial charge on any atom is -0.393 e. The van der Waals surface area contributed by atoms with E-state index in [1.54, 1.807) is 0 Å². The molecule has 1 N–H and O–H groups in total. The van der Waals surface area contributed by atoms with E-state index in [1.165, 1.54) is 17.6 Å². The summed E-state index contributed by atoms with van der Waals surface area (Å²) in [5.41, 5.74) is 2.88. The summed E-state index contributed by atoms with van der Waals surface area (Å²) in [5, 5.41) is 9.38. The van der Waals surface area contributed by atoms with E-state index >= 15 is 0 Å². The molecule has 0 aliphatic carbocycles. The fourth-order valence-corrected chi connectivity index (χ4v) is 1.65. The lowest BCUT2D eigenvalue weighted by molar-refractivity contribution is 0.173. The average Bonchev–Trinajstić information content (AvgIpc) is 2.32. The maximum atomic E-state index is 9.38. The maximum Gasteiger partial charge on any atom is 0.0572 e. The molecule has 0 rings (SSSR count). The van der Waals surface area contributed by atoms with Crippen LogP contribution in [0.1, 0.15) is 66.2 Å². The molecule has 0 saturated carbocycles. The van der Waals surface area contributed by atoms with Crippen molar-refractivity contribution in [2.24, 2.45) is 0 Å². The lowest BCUT2D eigenvalue weighted by Gasteiger charge is -2.01. The molecule has 0 spiro atoms. The van der Waals surface area contributed by atoms with Gasteiger partial charge in [0.15, 0.2) is 0 Å². The van der Waals surface area contributed by atoms with Gasteiger partial charge in [-0.05, 0) is 59.3 Å². The Morgan fingerprint density at radius 2 is 1.72 bits per heavy atom. The van der Waals surface area contributed by atoms with Gasteiger partial charge in [-0.25, -0.2) is 0 Å². The van der Waals surface area contributed by atoms with E-state index in [1.807, 2.05) is 6.92 Å². The van der Waals surface area contributed by atoms with Crippen LogP contribution in [0.4, 0.5) is 0 Å². The van der Waals surface area contributed by atoms with Crippen molar-refractivity contribution < 1.29 is 5.11 Å². The monoisotopic (exact) mass is 250 g/mol. The zero-order valence-corrected chi connectivity index (χ0v) is 12.6. The second-order valence-electron chi connectivity index (χ2n) is 5.22. The lowest BCUT2D eigenvalue weighted by atomic mass is 10.1. The van der Waals surface area contributed by atoms with Gasteiger partial charge < -0.3 is 5.11 Å². The van der Waals surface area contributed by atoms with Crippen molar-refractivity contribution in [2.75, 3.05) is 0 Å². The molecule has 1 nitrogen and oxygen atoms in total. The van der Waals surface area contributed by atoms with Crippen LogP contribution >= 0.6 is 0 Å². The predicted octanol–water partition coefficient (Wildman–Crippen LogP) is 5.18. The van der Waals surface area contributed by atoms with Crippen LogP contribution in [-0.2, 0) is 0 Å². The van der Waals surface area contributed by atoms with Gasteiger partial charge in [0, 0.05) is 0 Å². The van der Waals surface area contributed by atoms with Crippen LogP contribution in [0.15, 0.2) is 35.5 Å². The minimum absolute atomic E-state index is 0.164. The smallest absolute Gasteiger partial charge is 0.0572 e. The molecule has 0 radical (unpaired) electrons. The largest absolute Gasteiger partial charge is 0.393 e. The van der Waals surface area contributed by atoms with Crippen LogP contribution in [0.3, 0.4) is 0 Å². The summed E-state index contributed by atoms with van der Waals surface area (Å²) >= 11 is 0. The highest BCUT2D eigenvalue weighted by Crippen LogP contribution is 2.09. The van der Waals surface area contributed by atoms with Gasteiger partial charge >= 0.3 is 0 Å². The van der Waals surface area contributed by atoms with E-state index < -0.39 is 0 Å². The van der Waals surface area contributed by atoms with Gasteiger partial charge in [0.25, 0.3) is 0 Å². The van der Waals surface area contributed by atoms with Crippen molar-refractivity contribution in [1.29, 1.82) is 0 Å². The summed E-state index contributed by atoms with van der Waals surface area (Å²) in [7, 11) is 0. The maximum absolute atomic E-state index is 9.38. The molecule has 0 heterocycles. The summed E-state index contributed by atoms with van der Waals surface area (Å²) in [6.07, 6.45) is 14.9. The van der Waals surface area contributed by atoms with E-state index in [2.05, 4.69) is 45.1 Å². The summed E-state index contributed by atoms with van der Waals surface area (Å²) < 4.78 is 0. The van der Waals surface area contributed by atoms with Crippen molar-refractivity contribution in [2.45, 2.75) is 72.3 Å². The van der Waals surface area contributed by atoms with Crippen LogP contribution in [0.2, 0.25) is 0 Å². The molecule has 0 bridgehead atoms. The molecule has 0 aromatic carbocycles. The first kappa shape index (κ1) is 17.2. The normalized spacial score (nSPS) is 13.9. The zero-order valence-electron chi connectivity index (χ0n) is 12.6. The second kappa shape index (κ2) is 11.3. The van der Waals surface area contributed by atoms with Crippen LogP contribution < -0.4 is 0 Å². The van der Waals surface area contributed by atoms with Crippen molar-refractivity contribution in [1.82, 2.24) is 0 Å². The number of hydrogen-bond donors (Lipinski definition) is 1. The molecule has 0 saturated heterocycles. The number of hydrogen-bond acceptors (Lipinski definition) is 1. The lowest BCUT2D eigenvalue weighted by Crippen LogP contribution is -2.00. The second-order valence-corrected chi connectivity index (χ2v) is 5.22. The fraction of sp³-hybridized carbons (Fsp3) is 0.647. The first-order chi connectivity index (χ1) is 8.56. The Bertz CT molecular complexity index is 280. The first-order valence-electron chi connectivity index (χ1n) is 7.18. The van der Waals surface area contributed by atoms with Gasteiger partial charge in [-0.2, -0.15) is 0 Å². The van der Waals surface area contributed by atoms with E-state index in [-0.39, 0.29) is 6.10 Å². The highest BCUT2D eigenvalue weighted by atomic mass is 16.3. The van der Waals surface area contributed by atoms with Crippen molar-refractivity contribution in [3.8, 4) is 0 Å². The standard InChI is InChI=1S/C17H30O/c1-5-17(18)14-9-7-6-8-12-16(4)13-10-11-15(2)3/h7,9,11-12,17-18H,5-6,8,10,13-14H2,1-4H3/b9-7+,16-12+. The van der Waals surface area contributed by atoms with Crippen LogP contribution in [-0.4, -0.2) is 11.2 Å². The fourth-order valence-electron chi connectivity index (χ4n) is 1.65. The summed E-state index contributed by atoms with van der Waals surface area (Å²) in [4.78, 5) is 0. The SMILES string of the molecule is CCC(O)C/C=C/CC/C=C(\C)CCC=C(C)C. The third kappa shape index (κ3) is 11.7. The Morgan fingerprint density at radius 3 is 2.33 bits per heavy atom. The third-order valence-electron chi connectivity index (χ3n) is 2.96. The highest BCUT2D eigenvalue weighted by Gasteiger charge is 1.94. The Balaban J connectivity index is 3.65. The molecule has 0 aliphatic rings. The molecule has 0 aromatic heterocycles. The first-order valence-corrected chi connectivity index (χ1v) is 7.18. The molecular formula is C17H30O. The van der Waals surface area contributed by atoms with Crippen molar-refractivity contribution >= 4 is 0 Å². The van der Waals surface area contributed by atoms with Gasteiger partial charge in [0.1, 0.15) is 0 Å². The highest BCUT2D eigenvalue weighted by molar-refractivity contribution is 5.02.